The Morgan fingerprint density at radius 2 is 1.96 bits per heavy atom. The highest BCUT2D eigenvalue weighted by Gasteiger charge is 2.18. The van der Waals surface area contributed by atoms with E-state index in [1.165, 1.54) is 25.7 Å². The molecular weight excluding hydrogens is 475 g/mol. The average molecular weight is 508 g/mol. The first-order valence-electron chi connectivity index (χ1n) is 9.37. The molecule has 0 aromatic heterocycles. The van der Waals surface area contributed by atoms with Crippen molar-refractivity contribution in [2.24, 2.45) is 16.8 Å². The highest BCUT2D eigenvalue weighted by Crippen LogP contribution is 2.30. The largest absolute Gasteiger partial charge is 0.356 e. The Labute approximate surface area is 181 Å². The Kier molecular flexibility index (Phi) is 10.4. The molecule has 2 atom stereocenters. The van der Waals surface area contributed by atoms with E-state index >= 15 is 0 Å². The van der Waals surface area contributed by atoms with Gasteiger partial charge in [0.05, 0.1) is 11.9 Å². The first-order valence-corrected chi connectivity index (χ1v) is 11.3. The zero-order chi connectivity index (χ0) is 19.0. The molecule has 154 valence electrons. The van der Waals surface area contributed by atoms with Crippen molar-refractivity contribution in [1.29, 1.82) is 0 Å². The predicted molar refractivity (Wildman–Crippen MR) is 124 cm³/mol. The van der Waals surface area contributed by atoms with E-state index in [9.17, 15) is 8.42 Å². The lowest BCUT2D eigenvalue weighted by Crippen LogP contribution is -2.38. The standard InChI is InChI=1S/C19H32N4O2S.HI/c1-15-7-6-8-16(13-15)11-12-21-19(20-2)22-14-17-9-4-5-10-18(17)23-26(3,24)25;/h4-5,9-10,15-16,23H,6-8,11-14H2,1-3H3,(H2,20,21,22);1H. The smallest absolute Gasteiger partial charge is 0.229 e. The number of halogens is 1. The number of rotatable bonds is 7. The fourth-order valence-electron chi connectivity index (χ4n) is 3.59. The van der Waals surface area contributed by atoms with E-state index in [0.29, 0.717) is 12.2 Å². The van der Waals surface area contributed by atoms with Gasteiger partial charge in [0.15, 0.2) is 5.96 Å². The Morgan fingerprint density at radius 1 is 1.22 bits per heavy atom. The topological polar surface area (TPSA) is 82.6 Å². The van der Waals surface area contributed by atoms with Crippen LogP contribution < -0.4 is 15.4 Å². The monoisotopic (exact) mass is 508 g/mol. The molecule has 27 heavy (non-hydrogen) atoms. The van der Waals surface area contributed by atoms with E-state index in [4.69, 9.17) is 0 Å². The summed E-state index contributed by atoms with van der Waals surface area (Å²) in [6, 6.07) is 7.37. The van der Waals surface area contributed by atoms with Crippen LogP contribution in [0.2, 0.25) is 0 Å². The summed E-state index contributed by atoms with van der Waals surface area (Å²) in [6.45, 7) is 3.75. The number of aliphatic imine (C=N–C) groups is 1. The second-order valence-corrected chi connectivity index (χ2v) is 9.06. The van der Waals surface area contributed by atoms with Gasteiger partial charge in [-0.1, -0.05) is 44.4 Å². The van der Waals surface area contributed by atoms with Crippen molar-refractivity contribution in [1.82, 2.24) is 10.6 Å². The van der Waals surface area contributed by atoms with Crippen LogP contribution in [0, 0.1) is 11.8 Å². The Balaban J connectivity index is 0.00000364. The van der Waals surface area contributed by atoms with Gasteiger partial charge in [0.2, 0.25) is 10.0 Å². The van der Waals surface area contributed by atoms with Crippen LogP contribution in [0.15, 0.2) is 29.3 Å². The zero-order valence-corrected chi connectivity index (χ0v) is 19.6. The Hall–Kier alpha value is -1.03. The van der Waals surface area contributed by atoms with Crippen LogP contribution >= 0.6 is 24.0 Å². The van der Waals surface area contributed by atoms with E-state index in [1.54, 1.807) is 13.1 Å². The molecule has 0 bridgehead atoms. The molecule has 0 amide bonds. The fraction of sp³-hybridized carbons (Fsp3) is 0.632. The van der Waals surface area contributed by atoms with Gasteiger partial charge in [-0.3, -0.25) is 9.71 Å². The quantitative estimate of drug-likeness (QED) is 0.299. The predicted octanol–water partition coefficient (Wildman–Crippen LogP) is 3.56. The first-order chi connectivity index (χ1) is 12.4. The molecule has 3 N–H and O–H groups in total. The lowest BCUT2D eigenvalue weighted by atomic mass is 9.81. The maximum absolute atomic E-state index is 11.5. The Morgan fingerprint density at radius 3 is 2.63 bits per heavy atom. The number of para-hydroxylation sites is 1. The van der Waals surface area contributed by atoms with Gasteiger partial charge in [-0.05, 0) is 36.3 Å². The summed E-state index contributed by atoms with van der Waals surface area (Å²) in [4.78, 5) is 4.26. The molecule has 1 aliphatic carbocycles. The number of benzene rings is 1. The number of guanidine groups is 1. The molecule has 1 aromatic carbocycles. The summed E-state index contributed by atoms with van der Waals surface area (Å²) in [5.41, 5.74) is 1.47. The number of nitrogens with zero attached hydrogens (tertiary/aromatic N) is 1. The lowest BCUT2D eigenvalue weighted by molar-refractivity contribution is 0.270. The van der Waals surface area contributed by atoms with Gasteiger partial charge < -0.3 is 10.6 Å². The highest BCUT2D eigenvalue weighted by molar-refractivity contribution is 14.0. The molecule has 1 aliphatic rings. The number of anilines is 1. The van der Waals surface area contributed by atoms with Crippen molar-refractivity contribution in [3.63, 3.8) is 0 Å². The number of nitrogens with one attached hydrogen (secondary N) is 3. The molecule has 1 fully saturated rings. The molecular formula is C19H33IN4O2S. The van der Waals surface area contributed by atoms with E-state index < -0.39 is 10.0 Å². The minimum atomic E-state index is -3.30. The highest BCUT2D eigenvalue weighted by atomic mass is 127. The Bertz CT molecular complexity index is 709. The molecule has 0 spiro atoms. The number of hydrogen-bond acceptors (Lipinski definition) is 3. The molecule has 0 saturated heterocycles. The van der Waals surface area contributed by atoms with Gasteiger partial charge in [-0.25, -0.2) is 8.42 Å². The van der Waals surface area contributed by atoms with Crippen molar-refractivity contribution in [2.45, 2.75) is 45.6 Å². The first kappa shape index (κ1) is 24.0. The van der Waals surface area contributed by atoms with Gasteiger partial charge in [-0.15, -0.1) is 24.0 Å². The van der Waals surface area contributed by atoms with Crippen molar-refractivity contribution in [3.8, 4) is 0 Å². The molecule has 6 nitrogen and oxygen atoms in total. The van der Waals surface area contributed by atoms with Crippen LogP contribution in [-0.4, -0.2) is 34.2 Å². The third-order valence-electron chi connectivity index (χ3n) is 4.87. The van der Waals surface area contributed by atoms with Crippen molar-refractivity contribution >= 4 is 45.6 Å². The number of hydrogen-bond donors (Lipinski definition) is 3. The summed E-state index contributed by atoms with van der Waals surface area (Å²) in [6.07, 6.45) is 7.71. The number of sulfonamides is 1. The zero-order valence-electron chi connectivity index (χ0n) is 16.5. The van der Waals surface area contributed by atoms with Crippen LogP contribution in [-0.2, 0) is 16.6 Å². The second kappa shape index (κ2) is 11.7. The van der Waals surface area contributed by atoms with E-state index in [0.717, 1.165) is 42.6 Å². The van der Waals surface area contributed by atoms with Gasteiger partial charge in [0.1, 0.15) is 0 Å². The van der Waals surface area contributed by atoms with Gasteiger partial charge in [0.25, 0.3) is 0 Å². The summed E-state index contributed by atoms with van der Waals surface area (Å²) >= 11 is 0. The third kappa shape index (κ3) is 9.14. The van der Waals surface area contributed by atoms with Crippen molar-refractivity contribution in [3.05, 3.63) is 29.8 Å². The van der Waals surface area contributed by atoms with Crippen LogP contribution in [0.3, 0.4) is 0 Å². The van der Waals surface area contributed by atoms with E-state index in [-0.39, 0.29) is 24.0 Å². The summed E-state index contributed by atoms with van der Waals surface area (Å²) in [7, 11) is -1.55. The van der Waals surface area contributed by atoms with Crippen molar-refractivity contribution in [2.75, 3.05) is 24.6 Å². The third-order valence-corrected chi connectivity index (χ3v) is 5.46. The maximum Gasteiger partial charge on any atom is 0.229 e. The second-order valence-electron chi connectivity index (χ2n) is 7.31. The molecule has 1 saturated carbocycles. The maximum atomic E-state index is 11.5. The fourth-order valence-corrected chi connectivity index (χ4v) is 4.19. The van der Waals surface area contributed by atoms with E-state index in [2.05, 4.69) is 27.3 Å². The van der Waals surface area contributed by atoms with E-state index in [1.807, 2.05) is 18.2 Å². The summed E-state index contributed by atoms with van der Waals surface area (Å²) in [5, 5.41) is 6.63. The van der Waals surface area contributed by atoms with Crippen LogP contribution in [0.25, 0.3) is 0 Å². The van der Waals surface area contributed by atoms with Crippen LogP contribution in [0.5, 0.6) is 0 Å². The molecule has 8 heteroatoms. The average Bonchev–Trinajstić information content (AvgIpc) is 2.58. The van der Waals surface area contributed by atoms with Gasteiger partial charge in [-0.2, -0.15) is 0 Å². The SMILES string of the molecule is CN=C(NCCC1CCCC(C)C1)NCc1ccccc1NS(C)(=O)=O.I. The minimum absolute atomic E-state index is 0. The van der Waals surface area contributed by atoms with Crippen LogP contribution in [0.1, 0.15) is 44.6 Å². The molecule has 1 aromatic rings. The summed E-state index contributed by atoms with van der Waals surface area (Å²) in [5.74, 6) is 2.40. The normalized spacial score (nSPS) is 20.5. The molecule has 2 rings (SSSR count). The molecule has 0 aliphatic heterocycles. The molecule has 2 unspecified atom stereocenters. The summed E-state index contributed by atoms with van der Waals surface area (Å²) < 4.78 is 25.5. The lowest BCUT2D eigenvalue weighted by Gasteiger charge is -2.26. The van der Waals surface area contributed by atoms with Crippen molar-refractivity contribution < 1.29 is 8.42 Å². The van der Waals surface area contributed by atoms with Gasteiger partial charge >= 0.3 is 0 Å². The van der Waals surface area contributed by atoms with Gasteiger partial charge in [0, 0.05) is 20.1 Å². The molecule has 0 radical (unpaired) electrons. The minimum Gasteiger partial charge on any atom is -0.356 e. The molecule has 0 heterocycles. The van der Waals surface area contributed by atoms with Crippen LogP contribution in [0.4, 0.5) is 5.69 Å².